The van der Waals surface area contributed by atoms with Crippen molar-refractivity contribution in [1.29, 1.82) is 0 Å². The molecule has 1 aromatic heterocycles. The Bertz CT molecular complexity index is 710. The van der Waals surface area contributed by atoms with Gasteiger partial charge in [0.15, 0.2) is 0 Å². The molecule has 1 amide bonds. The molecule has 0 aliphatic heterocycles. The van der Waals surface area contributed by atoms with E-state index in [0.29, 0.717) is 17.1 Å². The fraction of sp³-hybridized carbons (Fsp3) is 0.619. The van der Waals surface area contributed by atoms with Crippen LogP contribution in [-0.4, -0.2) is 53.8 Å². The van der Waals surface area contributed by atoms with E-state index in [0.717, 1.165) is 37.9 Å². The Hall–Kier alpha value is -2.48. The molecule has 2 aliphatic rings. The molecule has 0 spiro atoms. The first kappa shape index (κ1) is 21.2. The molecule has 4 N–H and O–H groups in total. The topological polar surface area (TPSA) is 107 Å². The van der Waals surface area contributed by atoms with Gasteiger partial charge in [-0.1, -0.05) is 6.42 Å². The number of likely N-dealkylation sites (N-methyl/N-ethyl adjacent to an activating group) is 1. The minimum atomic E-state index is -0.369. The third kappa shape index (κ3) is 5.53. The van der Waals surface area contributed by atoms with Crippen molar-refractivity contribution in [3.63, 3.8) is 0 Å². The zero-order valence-electron chi connectivity index (χ0n) is 17.5. The highest BCUT2D eigenvalue weighted by Crippen LogP contribution is 2.25. The lowest BCUT2D eigenvalue weighted by Gasteiger charge is -2.34. The molecular weight excluding hydrogens is 370 g/mol. The fourth-order valence-electron chi connectivity index (χ4n) is 3.66. The highest BCUT2D eigenvalue weighted by atomic mass is 16.6. The summed E-state index contributed by atoms with van der Waals surface area (Å²) in [7, 11) is 3.42. The van der Waals surface area contributed by atoms with Crippen LogP contribution in [0.25, 0.3) is 5.70 Å². The van der Waals surface area contributed by atoms with Gasteiger partial charge in [-0.3, -0.25) is 4.98 Å². The van der Waals surface area contributed by atoms with Gasteiger partial charge < -0.3 is 25.1 Å². The Morgan fingerprint density at radius 3 is 2.41 bits per heavy atom. The highest BCUT2D eigenvalue weighted by molar-refractivity contribution is 5.69. The lowest BCUT2D eigenvalue weighted by molar-refractivity contribution is 0.0821. The van der Waals surface area contributed by atoms with E-state index in [4.69, 9.17) is 21.1 Å². The average molecular weight is 404 g/mol. The molecule has 2 aliphatic carbocycles. The van der Waals surface area contributed by atoms with Crippen molar-refractivity contribution in [3.8, 4) is 5.75 Å². The van der Waals surface area contributed by atoms with Crippen molar-refractivity contribution >= 4 is 11.8 Å². The first-order valence-electron chi connectivity index (χ1n) is 10.5. The van der Waals surface area contributed by atoms with Gasteiger partial charge in [-0.05, 0) is 57.1 Å². The number of carbonyl (C=O) groups is 1. The van der Waals surface area contributed by atoms with Gasteiger partial charge in [-0.2, -0.15) is 0 Å². The molecule has 8 nitrogen and oxygen atoms in total. The van der Waals surface area contributed by atoms with Gasteiger partial charge in [-0.15, -0.1) is 0 Å². The molecule has 1 aromatic rings. The molecular formula is C21H33N5O3. The van der Waals surface area contributed by atoms with Gasteiger partial charge in [-0.25, -0.2) is 10.6 Å². The number of aromatic nitrogens is 1. The SMILES string of the molecule is CN(N)/C(COC(=O)N(C)C1CCC1)=C(\N)c1ccc(OC2CCCCC2)cn1. The Morgan fingerprint density at radius 1 is 1.14 bits per heavy atom. The maximum atomic E-state index is 12.2. The summed E-state index contributed by atoms with van der Waals surface area (Å²) < 4.78 is 11.4. The van der Waals surface area contributed by atoms with E-state index in [9.17, 15) is 4.79 Å². The summed E-state index contributed by atoms with van der Waals surface area (Å²) in [6, 6.07) is 3.94. The smallest absolute Gasteiger partial charge is 0.410 e. The lowest BCUT2D eigenvalue weighted by atomic mass is 9.92. The van der Waals surface area contributed by atoms with Gasteiger partial charge >= 0.3 is 6.09 Å². The maximum absolute atomic E-state index is 12.2. The van der Waals surface area contributed by atoms with E-state index < -0.39 is 0 Å². The Labute approximate surface area is 172 Å². The van der Waals surface area contributed by atoms with Crippen LogP contribution in [0.2, 0.25) is 0 Å². The summed E-state index contributed by atoms with van der Waals surface area (Å²) in [5.74, 6) is 6.67. The molecule has 0 unspecified atom stereocenters. The summed E-state index contributed by atoms with van der Waals surface area (Å²) in [4.78, 5) is 18.3. The molecule has 0 saturated heterocycles. The summed E-state index contributed by atoms with van der Waals surface area (Å²) in [5.41, 5.74) is 7.72. The predicted molar refractivity (Wildman–Crippen MR) is 112 cm³/mol. The number of rotatable bonds is 7. The molecule has 0 bridgehead atoms. The van der Waals surface area contributed by atoms with Crippen molar-refractivity contribution < 1.29 is 14.3 Å². The highest BCUT2D eigenvalue weighted by Gasteiger charge is 2.27. The number of nitrogens with zero attached hydrogens (tertiary/aromatic N) is 3. The standard InChI is InChI=1S/C21H33N5O3/c1-25(15-7-6-8-15)21(27)28-14-19(26(2)23)20(22)18-12-11-17(13-24-18)29-16-9-4-3-5-10-16/h11-13,15-16H,3-10,14,22-23H2,1-2H3/b20-19-. The predicted octanol–water partition coefficient (Wildman–Crippen LogP) is 2.85. The van der Waals surface area contributed by atoms with Crippen LogP contribution in [0.15, 0.2) is 24.0 Å². The summed E-state index contributed by atoms with van der Waals surface area (Å²) in [5, 5.41) is 1.36. The zero-order valence-corrected chi connectivity index (χ0v) is 17.5. The molecule has 1 heterocycles. The van der Waals surface area contributed by atoms with E-state index in [-0.39, 0.29) is 24.8 Å². The number of pyridine rings is 1. The summed E-state index contributed by atoms with van der Waals surface area (Å²) >= 11 is 0. The number of amides is 1. The first-order valence-corrected chi connectivity index (χ1v) is 10.5. The van der Waals surface area contributed by atoms with Crippen LogP contribution in [0.3, 0.4) is 0 Å². The Kier molecular flexibility index (Phi) is 7.19. The van der Waals surface area contributed by atoms with Crippen molar-refractivity contribution in [1.82, 2.24) is 14.9 Å². The normalized spacial score (nSPS) is 18.4. The van der Waals surface area contributed by atoms with E-state index in [2.05, 4.69) is 4.98 Å². The second kappa shape index (κ2) is 9.82. The van der Waals surface area contributed by atoms with E-state index in [1.54, 1.807) is 31.3 Å². The molecule has 2 saturated carbocycles. The number of hydrogen-bond acceptors (Lipinski definition) is 7. The van der Waals surface area contributed by atoms with Crippen LogP contribution in [0, 0.1) is 0 Å². The van der Waals surface area contributed by atoms with E-state index in [1.807, 2.05) is 6.07 Å². The van der Waals surface area contributed by atoms with Crippen LogP contribution in [0.5, 0.6) is 5.75 Å². The number of ether oxygens (including phenoxy) is 2. The second-order valence-electron chi connectivity index (χ2n) is 7.98. The molecule has 0 aromatic carbocycles. The van der Waals surface area contributed by atoms with Gasteiger partial charge in [0, 0.05) is 20.1 Å². The molecule has 3 rings (SSSR count). The van der Waals surface area contributed by atoms with Crippen molar-refractivity contribution in [2.45, 2.75) is 63.5 Å². The number of hydrazine groups is 1. The fourth-order valence-corrected chi connectivity index (χ4v) is 3.66. The van der Waals surface area contributed by atoms with Crippen molar-refractivity contribution in [2.75, 3.05) is 20.7 Å². The van der Waals surface area contributed by atoms with E-state index >= 15 is 0 Å². The lowest BCUT2D eigenvalue weighted by Crippen LogP contribution is -2.42. The van der Waals surface area contributed by atoms with Gasteiger partial charge in [0.2, 0.25) is 0 Å². The Morgan fingerprint density at radius 2 is 1.86 bits per heavy atom. The van der Waals surface area contributed by atoms with Crippen molar-refractivity contribution in [3.05, 3.63) is 29.7 Å². The average Bonchev–Trinajstić information content (AvgIpc) is 2.67. The number of carbonyl (C=O) groups excluding carboxylic acids is 1. The monoisotopic (exact) mass is 403 g/mol. The Balaban J connectivity index is 1.62. The largest absolute Gasteiger partial charge is 0.489 e. The third-order valence-corrected chi connectivity index (χ3v) is 5.85. The third-order valence-electron chi connectivity index (χ3n) is 5.85. The molecule has 0 radical (unpaired) electrons. The molecule has 2 fully saturated rings. The number of hydrogen-bond donors (Lipinski definition) is 2. The van der Waals surface area contributed by atoms with E-state index in [1.165, 1.54) is 24.3 Å². The zero-order chi connectivity index (χ0) is 20.8. The molecule has 29 heavy (non-hydrogen) atoms. The number of nitrogens with two attached hydrogens (primary N) is 2. The second-order valence-corrected chi connectivity index (χ2v) is 7.98. The van der Waals surface area contributed by atoms with Gasteiger partial charge in [0.05, 0.1) is 29.4 Å². The van der Waals surface area contributed by atoms with Crippen LogP contribution in [-0.2, 0) is 4.74 Å². The first-order chi connectivity index (χ1) is 14.0. The van der Waals surface area contributed by atoms with Crippen LogP contribution >= 0.6 is 0 Å². The van der Waals surface area contributed by atoms with Gasteiger partial charge in [0.1, 0.15) is 12.4 Å². The summed E-state index contributed by atoms with van der Waals surface area (Å²) in [6.45, 7) is -0.0171. The summed E-state index contributed by atoms with van der Waals surface area (Å²) in [6.07, 6.45) is 10.7. The maximum Gasteiger partial charge on any atom is 0.410 e. The minimum absolute atomic E-state index is 0.0171. The molecule has 0 atom stereocenters. The molecule has 160 valence electrons. The van der Waals surface area contributed by atoms with Gasteiger partial charge in [0.25, 0.3) is 0 Å². The quantitative estimate of drug-likeness (QED) is 0.532. The molecule has 8 heteroatoms. The van der Waals surface area contributed by atoms with Crippen LogP contribution in [0.1, 0.15) is 57.1 Å². The van der Waals surface area contributed by atoms with Crippen LogP contribution in [0.4, 0.5) is 4.79 Å². The van der Waals surface area contributed by atoms with Crippen LogP contribution < -0.4 is 16.3 Å². The van der Waals surface area contributed by atoms with Crippen molar-refractivity contribution in [2.24, 2.45) is 11.6 Å². The minimum Gasteiger partial charge on any atom is -0.489 e.